The lowest BCUT2D eigenvalue weighted by Gasteiger charge is -2.17. The van der Waals surface area contributed by atoms with Crippen molar-refractivity contribution in [2.45, 2.75) is 18.2 Å². The van der Waals surface area contributed by atoms with Crippen LogP contribution in [0.4, 0.5) is 15.8 Å². The van der Waals surface area contributed by atoms with Crippen LogP contribution in [0.2, 0.25) is 5.02 Å². The van der Waals surface area contributed by atoms with Gasteiger partial charge in [-0.05, 0) is 66.2 Å². The summed E-state index contributed by atoms with van der Waals surface area (Å²) < 4.78 is 18.5. The van der Waals surface area contributed by atoms with E-state index in [1.807, 2.05) is 24.3 Å². The van der Waals surface area contributed by atoms with Gasteiger partial charge in [0, 0.05) is 17.1 Å². The molecule has 4 rings (SSSR count). The van der Waals surface area contributed by atoms with Crippen molar-refractivity contribution in [3.63, 3.8) is 0 Å². The van der Waals surface area contributed by atoms with Gasteiger partial charge in [0.25, 0.3) is 0 Å². The predicted molar refractivity (Wildman–Crippen MR) is 133 cm³/mol. The van der Waals surface area contributed by atoms with Crippen molar-refractivity contribution in [3.8, 4) is 5.75 Å². The maximum atomic E-state index is 13.3. The molecular weight excluding hydrogens is 477 g/mol. The number of nitrogens with zero attached hydrogens (tertiary/aromatic N) is 2. The van der Waals surface area contributed by atoms with Gasteiger partial charge >= 0.3 is 0 Å². The quantitative estimate of drug-likeness (QED) is 0.458. The van der Waals surface area contributed by atoms with Gasteiger partial charge in [-0.3, -0.25) is 14.5 Å². The third kappa shape index (κ3) is 5.95. The summed E-state index contributed by atoms with van der Waals surface area (Å²) in [6.07, 6.45) is -0.0202. The summed E-state index contributed by atoms with van der Waals surface area (Å²) in [4.78, 5) is 32.0. The number of carbonyl (C=O) groups is 2. The summed E-state index contributed by atoms with van der Waals surface area (Å²) in [6, 6.07) is 19.8. The molecule has 34 heavy (non-hydrogen) atoms. The number of amides is 2. The summed E-state index contributed by atoms with van der Waals surface area (Å²) in [5.74, 6) is -0.165. The van der Waals surface area contributed by atoms with Gasteiger partial charge < -0.3 is 10.1 Å². The van der Waals surface area contributed by atoms with E-state index in [2.05, 4.69) is 10.3 Å². The maximum Gasteiger partial charge on any atom is 0.242 e. The molecule has 0 bridgehead atoms. The first-order valence-electron chi connectivity index (χ1n) is 10.4. The highest BCUT2D eigenvalue weighted by Crippen LogP contribution is 2.33. The Labute approximate surface area is 205 Å². The average Bonchev–Trinajstić information content (AvgIpc) is 3.11. The molecule has 3 aromatic rings. The molecule has 1 atom stereocenters. The van der Waals surface area contributed by atoms with Crippen LogP contribution >= 0.6 is 23.4 Å². The Kier molecular flexibility index (Phi) is 7.49. The van der Waals surface area contributed by atoms with Crippen LogP contribution in [0.3, 0.4) is 0 Å². The molecule has 0 saturated carbocycles. The second-order valence-corrected chi connectivity index (χ2v) is 9.12. The zero-order valence-electron chi connectivity index (χ0n) is 18.2. The van der Waals surface area contributed by atoms with Crippen LogP contribution in [0.15, 0.2) is 77.8 Å². The molecule has 1 unspecified atom stereocenters. The Balaban J connectivity index is 1.53. The number of rotatable bonds is 7. The fourth-order valence-electron chi connectivity index (χ4n) is 3.32. The first kappa shape index (κ1) is 23.8. The van der Waals surface area contributed by atoms with E-state index in [0.29, 0.717) is 27.3 Å². The zero-order chi connectivity index (χ0) is 24.1. The summed E-state index contributed by atoms with van der Waals surface area (Å²) in [5, 5.41) is 3.17. The molecule has 0 aromatic heterocycles. The normalized spacial score (nSPS) is 16.7. The molecule has 174 valence electrons. The zero-order valence-corrected chi connectivity index (χ0v) is 19.8. The molecule has 3 aromatic carbocycles. The van der Waals surface area contributed by atoms with Gasteiger partial charge in [-0.25, -0.2) is 9.38 Å². The molecule has 1 heterocycles. The second-order valence-electron chi connectivity index (χ2n) is 7.51. The highest BCUT2D eigenvalue weighted by Gasteiger charge is 2.39. The molecule has 2 amide bonds. The van der Waals surface area contributed by atoms with Gasteiger partial charge in [-0.15, -0.1) is 0 Å². The molecule has 1 fully saturated rings. The van der Waals surface area contributed by atoms with Gasteiger partial charge in [0.2, 0.25) is 11.8 Å². The molecule has 0 radical (unpaired) electrons. The monoisotopic (exact) mass is 497 g/mol. The molecule has 6 nitrogen and oxygen atoms in total. The highest BCUT2D eigenvalue weighted by molar-refractivity contribution is 8.15. The van der Waals surface area contributed by atoms with Crippen molar-refractivity contribution in [1.82, 2.24) is 4.90 Å². The van der Waals surface area contributed by atoms with E-state index in [4.69, 9.17) is 16.3 Å². The highest BCUT2D eigenvalue weighted by atomic mass is 35.5. The molecule has 0 aliphatic carbocycles. The maximum absolute atomic E-state index is 13.3. The van der Waals surface area contributed by atoms with Crippen LogP contribution in [0, 0.1) is 5.82 Å². The molecular formula is C25H21ClFN3O3S. The minimum absolute atomic E-state index is 0.0202. The first-order valence-corrected chi connectivity index (χ1v) is 11.7. The lowest BCUT2D eigenvalue weighted by atomic mass is 10.2. The second kappa shape index (κ2) is 10.7. The van der Waals surface area contributed by atoms with Gasteiger partial charge in [0.1, 0.15) is 16.8 Å². The van der Waals surface area contributed by atoms with Gasteiger partial charge in [-0.1, -0.05) is 35.5 Å². The van der Waals surface area contributed by atoms with E-state index in [0.717, 1.165) is 5.56 Å². The van der Waals surface area contributed by atoms with Crippen LogP contribution < -0.4 is 10.1 Å². The number of ether oxygens (including phenoxy) is 1. The number of anilines is 1. The van der Waals surface area contributed by atoms with E-state index in [9.17, 15) is 14.0 Å². The molecule has 1 aliphatic heterocycles. The van der Waals surface area contributed by atoms with Gasteiger partial charge in [0.05, 0.1) is 19.3 Å². The Morgan fingerprint density at radius 1 is 1.09 bits per heavy atom. The number of methoxy groups -OCH3 is 1. The minimum atomic E-state index is -0.634. The number of halogens is 2. The number of hydrogen-bond donors (Lipinski definition) is 1. The summed E-state index contributed by atoms with van der Waals surface area (Å²) in [5.41, 5.74) is 2.00. The average molecular weight is 498 g/mol. The molecule has 9 heteroatoms. The van der Waals surface area contributed by atoms with Crippen LogP contribution in [0.5, 0.6) is 5.75 Å². The van der Waals surface area contributed by atoms with E-state index in [-0.39, 0.29) is 30.6 Å². The number of nitrogens with one attached hydrogen (secondary N) is 1. The summed E-state index contributed by atoms with van der Waals surface area (Å²) in [6.45, 7) is 0.283. The molecule has 1 saturated heterocycles. The number of benzene rings is 3. The topological polar surface area (TPSA) is 71.0 Å². The lowest BCUT2D eigenvalue weighted by molar-refractivity contribution is -0.128. The van der Waals surface area contributed by atoms with Crippen LogP contribution in [-0.2, 0) is 16.1 Å². The van der Waals surface area contributed by atoms with Crippen molar-refractivity contribution < 1.29 is 18.7 Å². The third-order valence-electron chi connectivity index (χ3n) is 5.07. The Bertz CT molecular complexity index is 1200. The smallest absolute Gasteiger partial charge is 0.242 e. The van der Waals surface area contributed by atoms with E-state index in [1.54, 1.807) is 48.4 Å². The van der Waals surface area contributed by atoms with Gasteiger partial charge in [-0.2, -0.15) is 0 Å². The minimum Gasteiger partial charge on any atom is -0.497 e. The van der Waals surface area contributed by atoms with Crippen molar-refractivity contribution in [2.75, 3.05) is 12.4 Å². The van der Waals surface area contributed by atoms with Crippen LogP contribution in [0.1, 0.15) is 12.0 Å². The predicted octanol–water partition coefficient (Wildman–Crippen LogP) is 5.65. The number of aliphatic imine (C=N–C) groups is 1. The summed E-state index contributed by atoms with van der Waals surface area (Å²) >= 11 is 7.11. The van der Waals surface area contributed by atoms with Gasteiger partial charge in [0.15, 0.2) is 5.17 Å². The van der Waals surface area contributed by atoms with Crippen molar-refractivity contribution in [2.24, 2.45) is 4.99 Å². The largest absolute Gasteiger partial charge is 0.497 e. The lowest BCUT2D eigenvalue weighted by Crippen LogP contribution is -2.33. The Morgan fingerprint density at radius 2 is 1.76 bits per heavy atom. The fourth-order valence-corrected chi connectivity index (χ4v) is 4.61. The summed E-state index contributed by atoms with van der Waals surface area (Å²) in [7, 11) is 1.59. The molecule has 1 aliphatic rings. The van der Waals surface area contributed by atoms with E-state index in [1.165, 1.54) is 23.9 Å². The number of hydrogen-bond acceptors (Lipinski definition) is 5. The standard InChI is InChI=1S/C25H21ClFN3O3S/c1-33-21-12-2-16(3-13-21)15-30-24(32)22(14-23(31)28-19-8-4-17(26)5-9-19)34-25(30)29-20-10-6-18(27)7-11-20/h2-13,22H,14-15H2,1H3,(H,28,31). The van der Waals surface area contributed by atoms with Crippen LogP contribution in [0.25, 0.3) is 0 Å². The molecule has 0 spiro atoms. The van der Waals surface area contributed by atoms with E-state index >= 15 is 0 Å². The first-order chi connectivity index (χ1) is 16.4. The number of thioether (sulfide) groups is 1. The van der Waals surface area contributed by atoms with E-state index < -0.39 is 5.25 Å². The van der Waals surface area contributed by atoms with Crippen molar-refractivity contribution in [3.05, 3.63) is 89.2 Å². The van der Waals surface area contributed by atoms with Crippen molar-refractivity contribution >= 4 is 51.7 Å². The Hall–Kier alpha value is -3.36. The fraction of sp³-hybridized carbons (Fsp3) is 0.160. The third-order valence-corrected chi connectivity index (χ3v) is 6.50. The van der Waals surface area contributed by atoms with Crippen molar-refractivity contribution in [1.29, 1.82) is 0 Å². The number of amidine groups is 1. The SMILES string of the molecule is COc1ccc(CN2C(=O)C(CC(=O)Nc3ccc(Cl)cc3)SC2=Nc2ccc(F)cc2)cc1. The molecule has 1 N–H and O–H groups in total. The Morgan fingerprint density at radius 3 is 2.41 bits per heavy atom. The van der Waals surface area contributed by atoms with Crippen LogP contribution in [-0.4, -0.2) is 34.2 Å². The number of carbonyl (C=O) groups excluding carboxylic acids is 2.